The molecule has 0 radical (unpaired) electrons. The van der Waals surface area contributed by atoms with Gasteiger partial charge in [0.2, 0.25) is 5.89 Å². The summed E-state index contributed by atoms with van der Waals surface area (Å²) in [5, 5.41) is 7.22. The molecule has 1 heterocycles. The Morgan fingerprint density at radius 2 is 2.00 bits per heavy atom. The molecule has 1 aromatic heterocycles. The zero-order chi connectivity index (χ0) is 11.1. The molecule has 1 aliphatic rings. The minimum atomic E-state index is -4.56. The van der Waals surface area contributed by atoms with Gasteiger partial charge in [-0.25, -0.2) is 0 Å². The lowest BCUT2D eigenvalue weighted by Gasteiger charge is -2.32. The molecular formula is C7H6BrF3N2O2. The Morgan fingerprint density at radius 3 is 2.47 bits per heavy atom. The lowest BCUT2D eigenvalue weighted by atomic mass is 9.82. The number of hydrogen-bond donors (Lipinski definition) is 0. The maximum Gasteiger partial charge on any atom is 0.522 e. The van der Waals surface area contributed by atoms with Crippen molar-refractivity contribution in [2.24, 2.45) is 0 Å². The van der Waals surface area contributed by atoms with Crippen LogP contribution < -0.4 is 0 Å². The van der Waals surface area contributed by atoms with E-state index in [9.17, 15) is 13.2 Å². The minimum Gasteiger partial charge on any atom is -0.415 e. The predicted molar refractivity (Wildman–Crippen MR) is 44.9 cm³/mol. The van der Waals surface area contributed by atoms with Gasteiger partial charge in [-0.3, -0.25) is 4.74 Å². The van der Waals surface area contributed by atoms with Crippen molar-refractivity contribution in [3.63, 3.8) is 0 Å². The molecule has 0 spiro atoms. The van der Waals surface area contributed by atoms with Gasteiger partial charge in [0.1, 0.15) is 0 Å². The van der Waals surface area contributed by atoms with E-state index in [0.717, 1.165) is 0 Å². The van der Waals surface area contributed by atoms with Crippen molar-refractivity contribution in [3.05, 3.63) is 10.7 Å². The van der Waals surface area contributed by atoms with Gasteiger partial charge in [0, 0.05) is 21.8 Å². The van der Waals surface area contributed by atoms with Gasteiger partial charge in [-0.2, -0.15) is 0 Å². The van der Waals surface area contributed by atoms with E-state index in [-0.39, 0.29) is 23.6 Å². The third-order valence-electron chi connectivity index (χ3n) is 2.16. The van der Waals surface area contributed by atoms with Gasteiger partial charge in [-0.1, -0.05) is 0 Å². The summed E-state index contributed by atoms with van der Waals surface area (Å²) in [7, 11) is 0. The van der Waals surface area contributed by atoms with E-state index in [0.29, 0.717) is 5.89 Å². The molecule has 0 aliphatic heterocycles. The van der Waals surface area contributed by atoms with Crippen LogP contribution in [0.25, 0.3) is 0 Å². The number of nitrogens with zero attached hydrogens (tertiary/aromatic N) is 2. The van der Waals surface area contributed by atoms with Crippen molar-refractivity contribution in [3.8, 4) is 0 Å². The van der Waals surface area contributed by atoms with Crippen LogP contribution in [0.4, 0.5) is 13.2 Å². The molecule has 0 aromatic carbocycles. The molecule has 0 amide bonds. The summed E-state index contributed by atoms with van der Waals surface area (Å²) in [6, 6.07) is 0. The van der Waals surface area contributed by atoms with Crippen LogP contribution >= 0.6 is 15.9 Å². The van der Waals surface area contributed by atoms with Gasteiger partial charge in [0.15, 0.2) is 0 Å². The van der Waals surface area contributed by atoms with Crippen molar-refractivity contribution in [1.82, 2.24) is 10.2 Å². The van der Waals surface area contributed by atoms with E-state index in [1.54, 1.807) is 0 Å². The third kappa shape index (κ3) is 2.69. The molecule has 0 saturated heterocycles. The largest absolute Gasteiger partial charge is 0.522 e. The highest BCUT2D eigenvalue weighted by Gasteiger charge is 2.42. The molecule has 1 aromatic rings. The van der Waals surface area contributed by atoms with Crippen molar-refractivity contribution in [2.75, 3.05) is 0 Å². The van der Waals surface area contributed by atoms with Crippen LogP contribution in [0.3, 0.4) is 0 Å². The minimum absolute atomic E-state index is 0.129. The van der Waals surface area contributed by atoms with Gasteiger partial charge in [0.25, 0.3) is 4.80 Å². The predicted octanol–water partition coefficient (Wildman–Crippen LogP) is 2.61. The molecule has 84 valence electrons. The average Bonchev–Trinajstić information content (AvgIpc) is 2.41. The summed E-state index contributed by atoms with van der Waals surface area (Å²) in [6.45, 7) is 0. The first-order chi connectivity index (χ1) is 6.94. The molecule has 2 rings (SSSR count). The second-order valence-corrected chi connectivity index (χ2v) is 3.93. The fraction of sp³-hybridized carbons (Fsp3) is 0.714. The first kappa shape index (κ1) is 10.9. The van der Waals surface area contributed by atoms with Crippen LogP contribution in [-0.4, -0.2) is 22.7 Å². The first-order valence-corrected chi connectivity index (χ1v) is 4.97. The standard InChI is InChI=1S/C7H6BrF3N2O2/c8-6-13-12-5(14-6)3-1-4(2-3)15-7(9,10)11/h3-4H,1-2H2/t3-,4+. The number of rotatable bonds is 2. The highest BCUT2D eigenvalue weighted by molar-refractivity contribution is 9.10. The molecule has 1 aliphatic carbocycles. The monoisotopic (exact) mass is 286 g/mol. The average molecular weight is 287 g/mol. The summed E-state index contributed by atoms with van der Waals surface area (Å²) >= 11 is 2.97. The Kier molecular flexibility index (Phi) is 2.72. The summed E-state index contributed by atoms with van der Waals surface area (Å²) in [6.07, 6.45) is -4.84. The van der Waals surface area contributed by atoms with Crippen molar-refractivity contribution >= 4 is 15.9 Å². The molecule has 4 nitrogen and oxygen atoms in total. The van der Waals surface area contributed by atoms with Crippen LogP contribution in [0.15, 0.2) is 9.22 Å². The lowest BCUT2D eigenvalue weighted by Crippen LogP contribution is -2.34. The summed E-state index contributed by atoms with van der Waals surface area (Å²) in [5.41, 5.74) is 0. The van der Waals surface area contributed by atoms with Crippen LogP contribution in [0, 0.1) is 0 Å². The topological polar surface area (TPSA) is 48.2 Å². The number of aromatic nitrogens is 2. The second kappa shape index (κ2) is 3.75. The SMILES string of the molecule is FC(F)(F)O[C@H]1C[C@@H](c2nnc(Br)o2)C1. The van der Waals surface area contributed by atoms with Gasteiger partial charge >= 0.3 is 6.36 Å². The number of hydrogen-bond acceptors (Lipinski definition) is 4. The van der Waals surface area contributed by atoms with E-state index in [4.69, 9.17) is 4.42 Å². The van der Waals surface area contributed by atoms with Crippen LogP contribution in [0.2, 0.25) is 0 Å². The molecule has 0 atom stereocenters. The Labute approximate surface area is 90.9 Å². The third-order valence-corrected chi connectivity index (χ3v) is 2.48. The normalized spacial score (nSPS) is 26.4. The maximum atomic E-state index is 11.8. The summed E-state index contributed by atoms with van der Waals surface area (Å²) < 4.78 is 44.2. The highest BCUT2D eigenvalue weighted by atomic mass is 79.9. The van der Waals surface area contributed by atoms with Crippen molar-refractivity contribution in [1.29, 1.82) is 0 Å². The number of ether oxygens (including phenoxy) is 1. The smallest absolute Gasteiger partial charge is 0.415 e. The zero-order valence-electron chi connectivity index (χ0n) is 7.29. The van der Waals surface area contributed by atoms with Crippen LogP contribution in [0.1, 0.15) is 24.7 Å². The van der Waals surface area contributed by atoms with Gasteiger partial charge in [-0.15, -0.1) is 23.4 Å². The lowest BCUT2D eigenvalue weighted by molar-refractivity contribution is -0.352. The molecule has 1 fully saturated rings. The van der Waals surface area contributed by atoms with Gasteiger partial charge < -0.3 is 4.42 Å². The molecule has 0 unspecified atom stereocenters. The van der Waals surface area contributed by atoms with Gasteiger partial charge in [0.05, 0.1) is 6.10 Å². The van der Waals surface area contributed by atoms with Gasteiger partial charge in [-0.05, 0) is 12.8 Å². The summed E-state index contributed by atoms with van der Waals surface area (Å²) in [5.74, 6) is 0.222. The van der Waals surface area contributed by atoms with Crippen molar-refractivity contribution in [2.45, 2.75) is 31.2 Å². The molecular weight excluding hydrogens is 281 g/mol. The molecule has 15 heavy (non-hydrogen) atoms. The fourth-order valence-corrected chi connectivity index (χ4v) is 1.68. The van der Waals surface area contributed by atoms with Crippen LogP contribution in [-0.2, 0) is 4.74 Å². The zero-order valence-corrected chi connectivity index (χ0v) is 8.88. The Balaban J connectivity index is 1.84. The Morgan fingerprint density at radius 1 is 1.33 bits per heavy atom. The van der Waals surface area contributed by atoms with E-state index in [2.05, 4.69) is 30.9 Å². The quantitative estimate of drug-likeness (QED) is 0.839. The first-order valence-electron chi connectivity index (χ1n) is 4.17. The number of alkyl halides is 3. The van der Waals surface area contributed by atoms with E-state index in [1.807, 2.05) is 0 Å². The maximum absolute atomic E-state index is 11.8. The van der Waals surface area contributed by atoms with E-state index >= 15 is 0 Å². The molecule has 1 saturated carbocycles. The van der Waals surface area contributed by atoms with E-state index in [1.165, 1.54) is 0 Å². The Bertz CT molecular complexity index is 348. The van der Waals surface area contributed by atoms with Crippen LogP contribution in [0.5, 0.6) is 0 Å². The fourth-order valence-electron chi connectivity index (χ4n) is 1.43. The second-order valence-electron chi connectivity index (χ2n) is 3.25. The Hall–Kier alpha value is -0.630. The number of halogens is 4. The van der Waals surface area contributed by atoms with Crippen molar-refractivity contribution < 1.29 is 22.3 Å². The van der Waals surface area contributed by atoms with E-state index < -0.39 is 12.5 Å². The summed E-state index contributed by atoms with van der Waals surface area (Å²) in [4.78, 5) is 0.234. The molecule has 8 heteroatoms. The molecule has 0 N–H and O–H groups in total. The highest BCUT2D eigenvalue weighted by Crippen LogP contribution is 2.40. The molecule has 0 bridgehead atoms.